The molecule has 106 valence electrons. The van der Waals surface area contributed by atoms with Gasteiger partial charge in [-0.05, 0) is 32.4 Å². The van der Waals surface area contributed by atoms with Crippen LogP contribution in [-0.4, -0.2) is 22.2 Å². The first-order valence-electron chi connectivity index (χ1n) is 6.66. The fourth-order valence-electron chi connectivity index (χ4n) is 1.79. The Kier molecular flexibility index (Phi) is 4.40. The molecular formula is C15H19N3O2. The van der Waals surface area contributed by atoms with Gasteiger partial charge in [0.15, 0.2) is 6.10 Å². The van der Waals surface area contributed by atoms with E-state index in [-0.39, 0.29) is 5.91 Å². The normalized spacial score (nSPS) is 11.9. The number of aromatic nitrogens is 2. The van der Waals surface area contributed by atoms with E-state index in [0.29, 0.717) is 11.6 Å². The summed E-state index contributed by atoms with van der Waals surface area (Å²) in [6, 6.07) is 7.60. The van der Waals surface area contributed by atoms with E-state index < -0.39 is 6.10 Å². The average Bonchev–Trinajstić information content (AvgIpc) is 2.88. The summed E-state index contributed by atoms with van der Waals surface area (Å²) in [6.07, 6.45) is 1.94. The number of benzene rings is 1. The van der Waals surface area contributed by atoms with Gasteiger partial charge in [0.25, 0.3) is 5.91 Å². The molecule has 0 aliphatic rings. The molecule has 1 aromatic carbocycles. The lowest BCUT2D eigenvalue weighted by Gasteiger charge is -2.14. The largest absolute Gasteiger partial charge is 0.481 e. The van der Waals surface area contributed by atoms with E-state index in [1.807, 2.05) is 38.1 Å². The topological polar surface area (TPSA) is 67.0 Å². The van der Waals surface area contributed by atoms with Crippen molar-refractivity contribution < 1.29 is 9.53 Å². The minimum Gasteiger partial charge on any atom is -0.481 e. The van der Waals surface area contributed by atoms with Crippen LogP contribution in [0.3, 0.4) is 0 Å². The number of nitrogens with one attached hydrogen (secondary N) is 2. The molecule has 0 saturated carbocycles. The predicted octanol–water partition coefficient (Wildman–Crippen LogP) is 2.69. The Hall–Kier alpha value is -2.30. The van der Waals surface area contributed by atoms with Gasteiger partial charge >= 0.3 is 0 Å². The lowest BCUT2D eigenvalue weighted by Crippen LogP contribution is -2.30. The SMILES string of the molecule is CCc1cn[nH]c1NC(=O)[C@@H](C)Oc1ccc(C)cc1. The van der Waals surface area contributed by atoms with Crippen molar-refractivity contribution >= 4 is 11.7 Å². The van der Waals surface area contributed by atoms with E-state index in [9.17, 15) is 4.79 Å². The zero-order chi connectivity index (χ0) is 14.5. The summed E-state index contributed by atoms with van der Waals surface area (Å²) in [5, 5.41) is 9.49. The minimum absolute atomic E-state index is 0.204. The second kappa shape index (κ2) is 6.23. The highest BCUT2D eigenvalue weighted by molar-refractivity contribution is 5.93. The van der Waals surface area contributed by atoms with Gasteiger partial charge in [-0.2, -0.15) is 5.10 Å². The molecule has 20 heavy (non-hydrogen) atoms. The molecule has 5 nitrogen and oxygen atoms in total. The molecule has 1 aromatic heterocycles. The number of hydrogen-bond acceptors (Lipinski definition) is 3. The van der Waals surface area contributed by atoms with E-state index in [1.165, 1.54) is 0 Å². The number of amides is 1. The molecule has 1 atom stereocenters. The first-order chi connectivity index (χ1) is 9.60. The van der Waals surface area contributed by atoms with Gasteiger partial charge in [-0.15, -0.1) is 0 Å². The molecule has 2 N–H and O–H groups in total. The quantitative estimate of drug-likeness (QED) is 0.880. The van der Waals surface area contributed by atoms with Crippen LogP contribution in [-0.2, 0) is 11.2 Å². The number of ether oxygens (including phenoxy) is 1. The van der Waals surface area contributed by atoms with Gasteiger partial charge in [0, 0.05) is 5.56 Å². The van der Waals surface area contributed by atoms with Crippen molar-refractivity contribution in [3.63, 3.8) is 0 Å². The summed E-state index contributed by atoms with van der Waals surface area (Å²) in [5.41, 5.74) is 2.13. The summed E-state index contributed by atoms with van der Waals surface area (Å²) in [5.74, 6) is 1.11. The Morgan fingerprint density at radius 2 is 2.10 bits per heavy atom. The van der Waals surface area contributed by atoms with Gasteiger partial charge in [0.05, 0.1) is 6.20 Å². The Morgan fingerprint density at radius 3 is 2.75 bits per heavy atom. The molecule has 2 aromatic rings. The maximum Gasteiger partial charge on any atom is 0.266 e. The van der Waals surface area contributed by atoms with Crippen LogP contribution in [0.5, 0.6) is 5.75 Å². The van der Waals surface area contributed by atoms with Gasteiger partial charge < -0.3 is 10.1 Å². The summed E-state index contributed by atoms with van der Waals surface area (Å²) in [4.78, 5) is 12.1. The van der Waals surface area contributed by atoms with Crippen LogP contribution in [0.1, 0.15) is 25.0 Å². The minimum atomic E-state index is -0.578. The summed E-state index contributed by atoms with van der Waals surface area (Å²) >= 11 is 0. The van der Waals surface area contributed by atoms with Crippen molar-refractivity contribution in [2.45, 2.75) is 33.3 Å². The molecule has 0 radical (unpaired) electrons. The standard InChI is InChI=1S/C15H19N3O2/c1-4-12-9-16-18-14(12)17-15(19)11(3)20-13-7-5-10(2)6-8-13/h5-9,11H,4H2,1-3H3,(H2,16,17,18,19)/t11-/m1/s1. The van der Waals surface area contributed by atoms with Crippen molar-refractivity contribution in [2.24, 2.45) is 0 Å². The Bertz CT molecular complexity index is 575. The predicted molar refractivity (Wildman–Crippen MR) is 77.9 cm³/mol. The number of rotatable bonds is 5. The van der Waals surface area contributed by atoms with Gasteiger partial charge in [0.2, 0.25) is 0 Å². The summed E-state index contributed by atoms with van der Waals surface area (Å²) in [6.45, 7) is 5.73. The van der Waals surface area contributed by atoms with Crippen molar-refractivity contribution in [1.29, 1.82) is 0 Å². The highest BCUT2D eigenvalue weighted by atomic mass is 16.5. The van der Waals surface area contributed by atoms with Crippen LogP contribution in [0.4, 0.5) is 5.82 Å². The van der Waals surface area contributed by atoms with Crippen LogP contribution >= 0.6 is 0 Å². The highest BCUT2D eigenvalue weighted by Gasteiger charge is 2.16. The van der Waals surface area contributed by atoms with Crippen molar-refractivity contribution in [3.05, 3.63) is 41.6 Å². The molecule has 0 bridgehead atoms. The maximum absolute atomic E-state index is 12.1. The number of carbonyl (C=O) groups is 1. The van der Waals surface area contributed by atoms with Gasteiger partial charge in [-0.25, -0.2) is 0 Å². The zero-order valence-corrected chi connectivity index (χ0v) is 11.9. The Balaban J connectivity index is 1.97. The average molecular weight is 273 g/mol. The van der Waals surface area contributed by atoms with E-state index in [4.69, 9.17) is 4.74 Å². The maximum atomic E-state index is 12.1. The van der Waals surface area contributed by atoms with Gasteiger partial charge in [0.1, 0.15) is 11.6 Å². The lowest BCUT2D eigenvalue weighted by atomic mass is 10.2. The van der Waals surface area contributed by atoms with Crippen LogP contribution in [0, 0.1) is 6.92 Å². The van der Waals surface area contributed by atoms with Crippen LogP contribution < -0.4 is 10.1 Å². The Morgan fingerprint density at radius 1 is 1.40 bits per heavy atom. The molecule has 0 spiro atoms. The molecule has 0 saturated heterocycles. The van der Waals surface area contributed by atoms with Gasteiger partial charge in [-0.3, -0.25) is 9.89 Å². The number of aryl methyl sites for hydroxylation is 2. The first-order valence-corrected chi connectivity index (χ1v) is 6.66. The van der Waals surface area contributed by atoms with Gasteiger partial charge in [-0.1, -0.05) is 24.6 Å². The number of H-pyrrole nitrogens is 1. The third-order valence-corrected chi connectivity index (χ3v) is 3.05. The second-order valence-corrected chi connectivity index (χ2v) is 4.69. The lowest BCUT2D eigenvalue weighted by molar-refractivity contribution is -0.122. The van der Waals surface area contributed by atoms with E-state index in [0.717, 1.165) is 17.5 Å². The zero-order valence-electron chi connectivity index (χ0n) is 11.9. The molecule has 2 rings (SSSR count). The molecule has 1 amide bonds. The fourth-order valence-corrected chi connectivity index (χ4v) is 1.79. The van der Waals surface area contributed by atoms with Crippen molar-refractivity contribution in [1.82, 2.24) is 10.2 Å². The van der Waals surface area contributed by atoms with E-state index in [1.54, 1.807) is 13.1 Å². The fraction of sp³-hybridized carbons (Fsp3) is 0.333. The monoisotopic (exact) mass is 273 g/mol. The van der Waals surface area contributed by atoms with Crippen LogP contribution in [0.25, 0.3) is 0 Å². The number of nitrogens with zero attached hydrogens (tertiary/aromatic N) is 1. The molecule has 0 aliphatic heterocycles. The summed E-state index contributed by atoms with van der Waals surface area (Å²) in [7, 11) is 0. The second-order valence-electron chi connectivity index (χ2n) is 4.69. The third-order valence-electron chi connectivity index (χ3n) is 3.05. The molecule has 5 heteroatoms. The van der Waals surface area contributed by atoms with Crippen LogP contribution in [0.15, 0.2) is 30.5 Å². The Labute approximate surface area is 118 Å². The number of hydrogen-bond donors (Lipinski definition) is 2. The van der Waals surface area contributed by atoms with Crippen LogP contribution in [0.2, 0.25) is 0 Å². The van der Waals surface area contributed by atoms with E-state index >= 15 is 0 Å². The molecular weight excluding hydrogens is 254 g/mol. The number of anilines is 1. The molecule has 0 aliphatic carbocycles. The highest BCUT2D eigenvalue weighted by Crippen LogP contribution is 2.15. The molecule has 1 heterocycles. The first kappa shape index (κ1) is 14.1. The molecule has 0 fully saturated rings. The van der Waals surface area contributed by atoms with Crippen molar-refractivity contribution in [3.8, 4) is 5.75 Å². The van der Waals surface area contributed by atoms with Crippen molar-refractivity contribution in [2.75, 3.05) is 5.32 Å². The third kappa shape index (κ3) is 3.38. The smallest absolute Gasteiger partial charge is 0.266 e. The number of aromatic amines is 1. The van der Waals surface area contributed by atoms with E-state index in [2.05, 4.69) is 15.5 Å². The summed E-state index contributed by atoms with van der Waals surface area (Å²) < 4.78 is 5.61. The molecule has 0 unspecified atom stereocenters. The number of carbonyl (C=O) groups excluding carboxylic acids is 1.